The molecule has 1 atom stereocenters. The van der Waals surface area contributed by atoms with E-state index in [2.05, 4.69) is 56.2 Å². The lowest BCUT2D eigenvalue weighted by Gasteiger charge is -2.23. The predicted molar refractivity (Wildman–Crippen MR) is 111 cm³/mol. The Hall–Kier alpha value is -2.02. The van der Waals surface area contributed by atoms with E-state index in [1.165, 1.54) is 30.2 Å². The molecule has 1 fully saturated rings. The first-order valence-electron chi connectivity index (χ1n) is 9.51. The van der Waals surface area contributed by atoms with Crippen molar-refractivity contribution in [1.29, 1.82) is 0 Å². The summed E-state index contributed by atoms with van der Waals surface area (Å²) in [6.45, 7) is 11.9. The molecule has 0 spiro atoms. The van der Waals surface area contributed by atoms with Crippen molar-refractivity contribution in [1.82, 2.24) is 20.1 Å². The summed E-state index contributed by atoms with van der Waals surface area (Å²) in [5.74, 6) is 0.871. The van der Waals surface area contributed by atoms with Crippen molar-refractivity contribution in [3.63, 3.8) is 0 Å². The van der Waals surface area contributed by atoms with Gasteiger partial charge in [-0.25, -0.2) is 0 Å². The van der Waals surface area contributed by atoms with Crippen LogP contribution in [0.15, 0.2) is 29.4 Å². The van der Waals surface area contributed by atoms with E-state index < -0.39 is 0 Å². The number of carbonyl (C=O) groups excluding carboxylic acids is 1. The molecule has 0 radical (unpaired) electrons. The molecule has 7 heteroatoms. The van der Waals surface area contributed by atoms with Crippen LogP contribution in [0.4, 0.5) is 5.95 Å². The van der Waals surface area contributed by atoms with Crippen molar-refractivity contribution in [2.45, 2.75) is 63.4 Å². The molecule has 1 amide bonds. The van der Waals surface area contributed by atoms with Gasteiger partial charge in [0.2, 0.25) is 11.9 Å². The van der Waals surface area contributed by atoms with Gasteiger partial charge in [-0.15, -0.1) is 10.2 Å². The van der Waals surface area contributed by atoms with Crippen LogP contribution in [-0.2, 0) is 4.79 Å². The molecule has 1 aliphatic heterocycles. The minimum Gasteiger partial charge on any atom is -0.351 e. The maximum absolute atomic E-state index is 12.5. The maximum Gasteiger partial charge on any atom is 0.233 e. The van der Waals surface area contributed by atoms with Gasteiger partial charge in [0.1, 0.15) is 0 Å². The van der Waals surface area contributed by atoms with E-state index in [9.17, 15) is 4.79 Å². The molecule has 1 N–H and O–H groups in total. The first-order valence-corrected chi connectivity index (χ1v) is 10.4. The molecular weight excluding hydrogens is 358 g/mol. The number of aryl methyl sites for hydroxylation is 1. The zero-order valence-corrected chi connectivity index (χ0v) is 17.6. The van der Waals surface area contributed by atoms with Crippen LogP contribution >= 0.6 is 11.8 Å². The fraction of sp³-hybridized carbons (Fsp3) is 0.550. The van der Waals surface area contributed by atoms with Gasteiger partial charge in [0.05, 0.1) is 10.9 Å². The molecule has 2 heterocycles. The highest BCUT2D eigenvalue weighted by Gasteiger charge is 2.26. The summed E-state index contributed by atoms with van der Waals surface area (Å²) in [5.41, 5.74) is 1.98. The second-order valence-electron chi connectivity index (χ2n) is 8.15. The second kappa shape index (κ2) is 7.92. The van der Waals surface area contributed by atoms with Crippen LogP contribution in [-0.4, -0.2) is 44.6 Å². The summed E-state index contributed by atoms with van der Waals surface area (Å²) >= 11 is 1.45. The van der Waals surface area contributed by atoms with Crippen molar-refractivity contribution in [2.24, 2.45) is 0 Å². The molecule has 146 valence electrons. The Bertz CT molecular complexity index is 788. The van der Waals surface area contributed by atoms with Crippen LogP contribution < -0.4 is 10.2 Å². The molecule has 0 unspecified atom stereocenters. The Morgan fingerprint density at radius 1 is 1.15 bits per heavy atom. The van der Waals surface area contributed by atoms with Gasteiger partial charge >= 0.3 is 0 Å². The van der Waals surface area contributed by atoms with Crippen LogP contribution in [0, 0.1) is 6.92 Å². The minimum atomic E-state index is -0.260. The first-order chi connectivity index (χ1) is 12.7. The Morgan fingerprint density at radius 2 is 1.78 bits per heavy atom. The monoisotopic (exact) mass is 387 g/mol. The first kappa shape index (κ1) is 19.7. The molecule has 1 aliphatic rings. The zero-order chi connectivity index (χ0) is 19.6. The van der Waals surface area contributed by atoms with E-state index in [0.717, 1.165) is 29.9 Å². The predicted octanol–water partition coefficient (Wildman–Crippen LogP) is 3.57. The Kier molecular flexibility index (Phi) is 5.79. The smallest absolute Gasteiger partial charge is 0.233 e. The van der Waals surface area contributed by atoms with E-state index in [-0.39, 0.29) is 16.7 Å². The maximum atomic E-state index is 12.5. The normalized spacial score (nSPS) is 15.8. The third-order valence-corrected chi connectivity index (χ3v) is 5.49. The van der Waals surface area contributed by atoms with Crippen molar-refractivity contribution in [2.75, 3.05) is 18.0 Å². The highest BCUT2D eigenvalue weighted by Crippen LogP contribution is 2.31. The Morgan fingerprint density at radius 3 is 2.37 bits per heavy atom. The van der Waals surface area contributed by atoms with Crippen LogP contribution in [0.3, 0.4) is 0 Å². The summed E-state index contributed by atoms with van der Waals surface area (Å²) in [4.78, 5) is 14.8. The summed E-state index contributed by atoms with van der Waals surface area (Å²) in [7, 11) is 0. The Balaban J connectivity index is 1.90. The molecule has 0 saturated carbocycles. The molecule has 2 aromatic rings. The summed E-state index contributed by atoms with van der Waals surface area (Å²) in [5, 5.41) is 12.4. The van der Waals surface area contributed by atoms with Gasteiger partial charge in [0.15, 0.2) is 5.16 Å². The standard InChI is InChI=1S/C20H29N5OS/c1-14-8-10-16(11-9-14)25-18(24-12-6-7-13-24)22-23-19(25)27-15(2)17(26)21-20(3,4)5/h8-11,15H,6-7,12-13H2,1-5H3,(H,21,26)/t15-/m0/s1. The number of hydrogen-bond acceptors (Lipinski definition) is 5. The number of aromatic nitrogens is 3. The average Bonchev–Trinajstić information content (AvgIpc) is 3.23. The van der Waals surface area contributed by atoms with E-state index in [0.29, 0.717) is 0 Å². The number of carbonyl (C=O) groups is 1. The quantitative estimate of drug-likeness (QED) is 0.795. The number of anilines is 1. The number of thioether (sulfide) groups is 1. The zero-order valence-electron chi connectivity index (χ0n) is 16.8. The molecular formula is C20H29N5OS. The Labute approximate surface area is 165 Å². The molecule has 6 nitrogen and oxygen atoms in total. The second-order valence-corrected chi connectivity index (χ2v) is 9.45. The number of hydrogen-bond donors (Lipinski definition) is 1. The highest BCUT2D eigenvalue weighted by molar-refractivity contribution is 8.00. The topological polar surface area (TPSA) is 63.1 Å². The van der Waals surface area contributed by atoms with Gasteiger partial charge in [-0.05, 0) is 59.6 Å². The summed E-state index contributed by atoms with van der Waals surface area (Å²) < 4.78 is 2.08. The van der Waals surface area contributed by atoms with Gasteiger partial charge in [-0.2, -0.15) is 0 Å². The SMILES string of the molecule is Cc1ccc(-n2c(S[C@@H](C)C(=O)NC(C)(C)C)nnc2N2CCCC2)cc1. The lowest BCUT2D eigenvalue weighted by atomic mass is 10.1. The summed E-state index contributed by atoms with van der Waals surface area (Å²) in [6.07, 6.45) is 2.35. The number of amides is 1. The molecule has 0 bridgehead atoms. The van der Waals surface area contributed by atoms with Crippen molar-refractivity contribution in [3.05, 3.63) is 29.8 Å². The van der Waals surface area contributed by atoms with Crippen molar-refractivity contribution < 1.29 is 4.79 Å². The molecule has 1 aromatic carbocycles. The minimum absolute atomic E-state index is 0.00804. The fourth-order valence-electron chi connectivity index (χ4n) is 3.06. The van der Waals surface area contributed by atoms with E-state index in [4.69, 9.17) is 0 Å². The molecule has 3 rings (SSSR count). The van der Waals surface area contributed by atoms with Gasteiger partial charge in [-0.1, -0.05) is 29.5 Å². The van der Waals surface area contributed by atoms with E-state index >= 15 is 0 Å². The largest absolute Gasteiger partial charge is 0.351 e. The third-order valence-electron chi connectivity index (χ3n) is 4.45. The fourth-order valence-corrected chi connectivity index (χ4v) is 3.93. The number of rotatable bonds is 5. The van der Waals surface area contributed by atoms with Crippen LogP contribution in [0.5, 0.6) is 0 Å². The van der Waals surface area contributed by atoms with Crippen LogP contribution in [0.2, 0.25) is 0 Å². The van der Waals surface area contributed by atoms with Crippen molar-refractivity contribution >= 4 is 23.6 Å². The van der Waals surface area contributed by atoms with Gasteiger partial charge < -0.3 is 10.2 Å². The molecule has 27 heavy (non-hydrogen) atoms. The van der Waals surface area contributed by atoms with E-state index in [1.54, 1.807) is 0 Å². The number of nitrogens with zero attached hydrogens (tertiary/aromatic N) is 4. The van der Waals surface area contributed by atoms with E-state index in [1.807, 2.05) is 27.7 Å². The van der Waals surface area contributed by atoms with Gasteiger partial charge in [-0.3, -0.25) is 9.36 Å². The highest BCUT2D eigenvalue weighted by atomic mass is 32.2. The molecule has 1 aromatic heterocycles. The van der Waals surface area contributed by atoms with Crippen LogP contribution in [0.25, 0.3) is 5.69 Å². The van der Waals surface area contributed by atoms with Gasteiger partial charge in [0.25, 0.3) is 0 Å². The van der Waals surface area contributed by atoms with Crippen LogP contribution in [0.1, 0.15) is 46.1 Å². The van der Waals surface area contributed by atoms with Gasteiger partial charge in [0, 0.05) is 18.6 Å². The third kappa shape index (κ3) is 4.83. The van der Waals surface area contributed by atoms with Crippen molar-refractivity contribution in [3.8, 4) is 5.69 Å². The summed E-state index contributed by atoms with van der Waals surface area (Å²) in [6, 6.07) is 8.35. The molecule has 0 aliphatic carbocycles. The number of nitrogens with one attached hydrogen (secondary N) is 1. The average molecular weight is 388 g/mol. The molecule has 1 saturated heterocycles. The lowest BCUT2D eigenvalue weighted by molar-refractivity contribution is -0.121. The number of benzene rings is 1. The lowest BCUT2D eigenvalue weighted by Crippen LogP contribution is -2.44.